The molecule has 1 saturated heterocycles. The zero-order chi connectivity index (χ0) is 14.4. The maximum Gasteiger partial charge on any atom is 0.222 e. The third kappa shape index (κ3) is 2.06. The van der Waals surface area contributed by atoms with Crippen molar-refractivity contribution in [3.8, 4) is 0 Å². The maximum atomic E-state index is 13.7. The lowest BCUT2D eigenvalue weighted by Gasteiger charge is -2.16. The molecule has 2 atom stereocenters. The fourth-order valence-corrected chi connectivity index (χ4v) is 2.83. The molecule has 0 saturated carbocycles. The Hall–Kier alpha value is -1.62. The first kappa shape index (κ1) is 13.4. The van der Waals surface area contributed by atoms with Gasteiger partial charge in [0.05, 0.1) is 22.5 Å². The van der Waals surface area contributed by atoms with E-state index in [1.54, 1.807) is 13.0 Å². The van der Waals surface area contributed by atoms with Crippen molar-refractivity contribution in [2.45, 2.75) is 31.7 Å². The number of aryl methyl sites for hydroxylation is 1. The third-order valence-corrected chi connectivity index (χ3v) is 3.87. The summed E-state index contributed by atoms with van der Waals surface area (Å²) in [4.78, 5) is 15.9. The number of hydrogen-bond acceptors (Lipinski definition) is 2. The fraction of sp³-hybridized carbons (Fsp3) is 0.429. The molecule has 0 aliphatic carbocycles. The Morgan fingerprint density at radius 2 is 2.30 bits per heavy atom. The van der Waals surface area contributed by atoms with Crippen LogP contribution in [0, 0.1) is 12.7 Å². The summed E-state index contributed by atoms with van der Waals surface area (Å²) in [5.74, 6) is 0.411. The summed E-state index contributed by atoms with van der Waals surface area (Å²) < 4.78 is 15.7. The molecule has 6 heteroatoms. The summed E-state index contributed by atoms with van der Waals surface area (Å²) >= 11 is 6.19. The zero-order valence-corrected chi connectivity index (χ0v) is 12.0. The number of nitrogens with zero attached hydrogens (tertiary/aromatic N) is 2. The first-order chi connectivity index (χ1) is 9.47. The van der Waals surface area contributed by atoms with E-state index in [0.717, 1.165) is 5.52 Å². The standard InChI is InChI=1S/C14H15ClFN3O/c1-7-3-12-11(5-10(7)16)18-14(8(2)15)19(12)9-4-13(20)17-6-9/h3,5,8-9H,4,6H2,1-2H3,(H,17,20). The van der Waals surface area contributed by atoms with Crippen LogP contribution in [0.4, 0.5) is 4.39 Å². The van der Waals surface area contributed by atoms with Crippen molar-refractivity contribution < 1.29 is 9.18 Å². The van der Waals surface area contributed by atoms with Crippen molar-refractivity contribution in [2.24, 2.45) is 0 Å². The van der Waals surface area contributed by atoms with Gasteiger partial charge in [-0.1, -0.05) is 0 Å². The van der Waals surface area contributed by atoms with E-state index in [0.29, 0.717) is 29.9 Å². The molecular formula is C14H15ClFN3O. The summed E-state index contributed by atoms with van der Waals surface area (Å²) in [6.45, 7) is 4.10. The van der Waals surface area contributed by atoms with Crippen molar-refractivity contribution in [3.63, 3.8) is 0 Å². The molecule has 4 nitrogen and oxygen atoms in total. The molecule has 106 valence electrons. The Kier molecular flexibility index (Phi) is 3.17. The van der Waals surface area contributed by atoms with Gasteiger partial charge in [0.2, 0.25) is 5.91 Å². The zero-order valence-electron chi connectivity index (χ0n) is 11.3. The smallest absolute Gasteiger partial charge is 0.222 e. The van der Waals surface area contributed by atoms with Gasteiger partial charge >= 0.3 is 0 Å². The molecule has 3 rings (SSSR count). The second-order valence-electron chi connectivity index (χ2n) is 5.21. The van der Waals surface area contributed by atoms with Gasteiger partial charge in [-0.05, 0) is 25.5 Å². The number of nitrogens with one attached hydrogen (secondary N) is 1. The van der Waals surface area contributed by atoms with Gasteiger partial charge in [-0.25, -0.2) is 9.37 Å². The van der Waals surface area contributed by atoms with Gasteiger partial charge in [0.1, 0.15) is 11.6 Å². The molecule has 0 bridgehead atoms. The highest BCUT2D eigenvalue weighted by molar-refractivity contribution is 6.20. The molecule has 1 aromatic carbocycles. The van der Waals surface area contributed by atoms with Gasteiger partial charge in [-0.3, -0.25) is 4.79 Å². The topological polar surface area (TPSA) is 46.9 Å². The molecule has 20 heavy (non-hydrogen) atoms. The molecule has 1 fully saturated rings. The van der Waals surface area contributed by atoms with Crippen molar-refractivity contribution in [1.82, 2.24) is 14.9 Å². The van der Waals surface area contributed by atoms with Gasteiger partial charge in [0.25, 0.3) is 0 Å². The van der Waals surface area contributed by atoms with E-state index < -0.39 is 0 Å². The second-order valence-corrected chi connectivity index (χ2v) is 5.86. The number of carbonyl (C=O) groups is 1. The average Bonchev–Trinajstić information content (AvgIpc) is 2.94. The number of halogens is 2. The second kappa shape index (κ2) is 4.74. The number of rotatable bonds is 2. The molecule has 0 radical (unpaired) electrons. The minimum Gasteiger partial charge on any atom is -0.354 e. The molecule has 1 N–H and O–H groups in total. The lowest BCUT2D eigenvalue weighted by molar-refractivity contribution is -0.119. The Morgan fingerprint density at radius 3 is 2.90 bits per heavy atom. The summed E-state index contributed by atoms with van der Waals surface area (Å²) in [5.41, 5.74) is 1.97. The van der Waals surface area contributed by atoms with Crippen LogP contribution in [0.15, 0.2) is 12.1 Å². The molecule has 1 amide bonds. The predicted octanol–water partition coefficient (Wildman–Crippen LogP) is 2.84. The van der Waals surface area contributed by atoms with Gasteiger partial charge in [0, 0.05) is 19.0 Å². The number of aromatic nitrogens is 2. The van der Waals surface area contributed by atoms with Crippen LogP contribution in [-0.4, -0.2) is 22.0 Å². The Balaban J connectivity index is 2.23. The van der Waals surface area contributed by atoms with Crippen molar-refractivity contribution in [1.29, 1.82) is 0 Å². The Bertz CT molecular complexity index is 695. The molecule has 2 unspecified atom stereocenters. The predicted molar refractivity (Wildman–Crippen MR) is 75.4 cm³/mol. The molecule has 2 heterocycles. The van der Waals surface area contributed by atoms with Crippen LogP contribution in [-0.2, 0) is 4.79 Å². The highest BCUT2D eigenvalue weighted by atomic mass is 35.5. The summed E-state index contributed by atoms with van der Waals surface area (Å²) in [6, 6.07) is 3.17. The van der Waals surface area contributed by atoms with E-state index in [-0.39, 0.29) is 23.1 Å². The first-order valence-electron chi connectivity index (χ1n) is 6.56. The van der Waals surface area contributed by atoms with Crippen LogP contribution in [0.5, 0.6) is 0 Å². The van der Waals surface area contributed by atoms with E-state index in [1.165, 1.54) is 6.07 Å². The van der Waals surface area contributed by atoms with Crippen molar-refractivity contribution in [2.75, 3.05) is 6.54 Å². The quantitative estimate of drug-likeness (QED) is 0.866. The van der Waals surface area contributed by atoms with Crippen LogP contribution >= 0.6 is 11.6 Å². The number of fused-ring (bicyclic) bond motifs is 1. The highest BCUT2D eigenvalue weighted by Gasteiger charge is 2.28. The minimum absolute atomic E-state index is 0.0175. The normalized spacial score (nSPS) is 20.4. The lowest BCUT2D eigenvalue weighted by Crippen LogP contribution is -2.17. The summed E-state index contributed by atoms with van der Waals surface area (Å²) in [7, 11) is 0. The third-order valence-electron chi connectivity index (χ3n) is 3.67. The molecule has 0 spiro atoms. The number of benzene rings is 1. The van der Waals surface area contributed by atoms with E-state index in [9.17, 15) is 9.18 Å². The van der Waals surface area contributed by atoms with Gasteiger partial charge in [-0.15, -0.1) is 11.6 Å². The Morgan fingerprint density at radius 1 is 1.55 bits per heavy atom. The number of hydrogen-bond donors (Lipinski definition) is 1. The molecular weight excluding hydrogens is 281 g/mol. The highest BCUT2D eigenvalue weighted by Crippen LogP contribution is 2.31. The van der Waals surface area contributed by atoms with E-state index in [4.69, 9.17) is 11.6 Å². The van der Waals surface area contributed by atoms with E-state index in [2.05, 4.69) is 10.3 Å². The van der Waals surface area contributed by atoms with E-state index >= 15 is 0 Å². The van der Waals surface area contributed by atoms with Crippen LogP contribution in [0.25, 0.3) is 11.0 Å². The maximum absolute atomic E-state index is 13.7. The van der Waals surface area contributed by atoms with Crippen LogP contribution in [0.3, 0.4) is 0 Å². The van der Waals surface area contributed by atoms with Crippen LogP contribution in [0.1, 0.15) is 36.2 Å². The largest absolute Gasteiger partial charge is 0.354 e. The SMILES string of the molecule is Cc1cc2c(cc1F)nc(C(C)Cl)n2C1CNC(=O)C1. The Labute approximate surface area is 120 Å². The molecule has 1 aliphatic heterocycles. The lowest BCUT2D eigenvalue weighted by atomic mass is 10.2. The van der Waals surface area contributed by atoms with Crippen LogP contribution < -0.4 is 5.32 Å². The summed E-state index contributed by atoms with van der Waals surface area (Å²) in [6.07, 6.45) is 0.401. The molecule has 1 aliphatic rings. The van der Waals surface area contributed by atoms with Crippen LogP contribution in [0.2, 0.25) is 0 Å². The molecule has 2 aromatic rings. The van der Waals surface area contributed by atoms with E-state index in [1.807, 2.05) is 11.5 Å². The number of alkyl halides is 1. The first-order valence-corrected chi connectivity index (χ1v) is 6.99. The minimum atomic E-state index is -0.304. The number of carbonyl (C=O) groups excluding carboxylic acids is 1. The monoisotopic (exact) mass is 295 g/mol. The van der Waals surface area contributed by atoms with Gasteiger partial charge < -0.3 is 9.88 Å². The van der Waals surface area contributed by atoms with Crippen molar-refractivity contribution >= 4 is 28.5 Å². The number of amides is 1. The van der Waals surface area contributed by atoms with Crippen molar-refractivity contribution in [3.05, 3.63) is 29.3 Å². The summed E-state index contributed by atoms with van der Waals surface area (Å²) in [5, 5.41) is 2.51. The fourth-order valence-electron chi connectivity index (χ4n) is 2.68. The average molecular weight is 296 g/mol. The van der Waals surface area contributed by atoms with Gasteiger partial charge in [-0.2, -0.15) is 0 Å². The number of imidazole rings is 1. The van der Waals surface area contributed by atoms with Gasteiger partial charge in [0.15, 0.2) is 0 Å². The molecule has 1 aromatic heterocycles.